The van der Waals surface area contributed by atoms with Gasteiger partial charge in [0.15, 0.2) is 0 Å². The van der Waals surface area contributed by atoms with E-state index in [1.165, 1.54) is 0 Å². The fourth-order valence-electron chi connectivity index (χ4n) is 2.16. The van der Waals surface area contributed by atoms with E-state index in [0.717, 1.165) is 30.9 Å². The van der Waals surface area contributed by atoms with Crippen LogP contribution in [0.4, 0.5) is 0 Å². The highest BCUT2D eigenvalue weighted by Crippen LogP contribution is 2.21. The van der Waals surface area contributed by atoms with Crippen molar-refractivity contribution in [2.75, 3.05) is 19.6 Å². The molecular weight excluding hydrogens is 335 g/mol. The molecular formula is C16H22Cl2N4O. The highest BCUT2D eigenvalue weighted by Gasteiger charge is 2.15. The largest absolute Gasteiger partial charge is 0.351 e. The minimum Gasteiger partial charge on any atom is -0.351 e. The Hall–Kier alpha value is -1.56. The van der Waals surface area contributed by atoms with Crippen LogP contribution in [-0.4, -0.2) is 35.3 Å². The summed E-state index contributed by atoms with van der Waals surface area (Å²) in [5.41, 5.74) is 2.10. The third kappa shape index (κ3) is 4.96. The monoisotopic (exact) mass is 356 g/mol. The maximum absolute atomic E-state index is 12.2. The second-order valence-electron chi connectivity index (χ2n) is 5.01. The first kappa shape index (κ1) is 19.5. The van der Waals surface area contributed by atoms with Gasteiger partial charge in [-0.15, -0.1) is 12.4 Å². The SMILES string of the molecule is CCCNCCNC(=O)c1cnn(-c2ccccc2Cl)c1C.Cl. The molecule has 126 valence electrons. The summed E-state index contributed by atoms with van der Waals surface area (Å²) in [7, 11) is 0. The van der Waals surface area contributed by atoms with E-state index in [-0.39, 0.29) is 18.3 Å². The number of para-hydroxylation sites is 1. The zero-order valence-corrected chi connectivity index (χ0v) is 14.9. The Kier molecular flexibility index (Phi) is 8.09. The molecule has 0 aliphatic heterocycles. The molecule has 7 heteroatoms. The summed E-state index contributed by atoms with van der Waals surface area (Å²) in [6, 6.07) is 7.43. The number of hydrogen-bond donors (Lipinski definition) is 2. The van der Waals surface area contributed by atoms with Crippen LogP contribution in [0.1, 0.15) is 29.4 Å². The van der Waals surface area contributed by atoms with Gasteiger partial charge in [0.25, 0.3) is 5.91 Å². The molecule has 0 radical (unpaired) electrons. The minimum absolute atomic E-state index is 0. The molecule has 1 amide bonds. The number of nitrogens with zero attached hydrogens (tertiary/aromatic N) is 2. The van der Waals surface area contributed by atoms with Crippen molar-refractivity contribution in [3.05, 3.63) is 46.7 Å². The number of benzene rings is 1. The van der Waals surface area contributed by atoms with E-state index in [4.69, 9.17) is 11.6 Å². The van der Waals surface area contributed by atoms with Gasteiger partial charge in [-0.1, -0.05) is 30.7 Å². The van der Waals surface area contributed by atoms with Crippen LogP contribution in [-0.2, 0) is 0 Å². The zero-order chi connectivity index (χ0) is 15.9. The molecule has 5 nitrogen and oxygen atoms in total. The number of carbonyl (C=O) groups is 1. The van der Waals surface area contributed by atoms with E-state index >= 15 is 0 Å². The molecule has 0 fully saturated rings. The molecule has 0 spiro atoms. The Bertz CT molecular complexity index is 643. The van der Waals surface area contributed by atoms with Gasteiger partial charge >= 0.3 is 0 Å². The average molecular weight is 357 g/mol. The molecule has 2 rings (SSSR count). The van der Waals surface area contributed by atoms with Crippen molar-refractivity contribution < 1.29 is 4.79 Å². The predicted octanol–water partition coefficient (Wildman–Crippen LogP) is 2.99. The fraction of sp³-hybridized carbons (Fsp3) is 0.375. The van der Waals surface area contributed by atoms with Gasteiger partial charge in [0.2, 0.25) is 0 Å². The molecule has 0 atom stereocenters. The lowest BCUT2D eigenvalue weighted by molar-refractivity contribution is 0.0953. The highest BCUT2D eigenvalue weighted by molar-refractivity contribution is 6.32. The normalized spacial score (nSPS) is 10.2. The second-order valence-corrected chi connectivity index (χ2v) is 5.42. The Morgan fingerprint density at radius 1 is 1.26 bits per heavy atom. The number of carbonyl (C=O) groups excluding carboxylic acids is 1. The zero-order valence-electron chi connectivity index (χ0n) is 13.3. The molecule has 0 aliphatic rings. The smallest absolute Gasteiger partial charge is 0.254 e. The lowest BCUT2D eigenvalue weighted by Gasteiger charge is -2.08. The van der Waals surface area contributed by atoms with Crippen molar-refractivity contribution in [2.45, 2.75) is 20.3 Å². The first-order valence-corrected chi connectivity index (χ1v) is 7.81. The van der Waals surface area contributed by atoms with Crippen LogP contribution < -0.4 is 10.6 Å². The van der Waals surface area contributed by atoms with Gasteiger partial charge in [-0.25, -0.2) is 4.68 Å². The summed E-state index contributed by atoms with van der Waals surface area (Å²) in [4.78, 5) is 12.2. The van der Waals surface area contributed by atoms with E-state index in [1.54, 1.807) is 16.9 Å². The van der Waals surface area contributed by atoms with Gasteiger partial charge in [0.05, 0.1) is 28.2 Å². The van der Waals surface area contributed by atoms with Crippen LogP contribution in [0.15, 0.2) is 30.5 Å². The van der Waals surface area contributed by atoms with E-state index in [0.29, 0.717) is 17.1 Å². The van der Waals surface area contributed by atoms with Crippen LogP contribution in [0.5, 0.6) is 0 Å². The summed E-state index contributed by atoms with van der Waals surface area (Å²) >= 11 is 6.18. The third-order valence-corrected chi connectivity index (χ3v) is 3.67. The molecule has 0 saturated heterocycles. The molecule has 0 unspecified atom stereocenters. The number of amides is 1. The summed E-state index contributed by atoms with van der Waals surface area (Å²) in [6.45, 7) is 6.28. The molecule has 0 saturated carbocycles. The van der Waals surface area contributed by atoms with Crippen LogP contribution >= 0.6 is 24.0 Å². The van der Waals surface area contributed by atoms with Gasteiger partial charge in [-0.05, 0) is 32.0 Å². The molecule has 2 aromatic rings. The first-order chi connectivity index (χ1) is 10.6. The molecule has 23 heavy (non-hydrogen) atoms. The number of halogens is 2. The lowest BCUT2D eigenvalue weighted by atomic mass is 10.2. The quantitative estimate of drug-likeness (QED) is 0.749. The molecule has 0 bridgehead atoms. The van der Waals surface area contributed by atoms with Gasteiger partial charge in [0.1, 0.15) is 0 Å². The molecule has 2 N–H and O–H groups in total. The minimum atomic E-state index is -0.117. The third-order valence-electron chi connectivity index (χ3n) is 3.35. The Morgan fingerprint density at radius 3 is 2.70 bits per heavy atom. The standard InChI is InChI=1S/C16H21ClN4O.ClH/c1-3-8-18-9-10-19-16(22)13-11-20-21(12(13)2)15-7-5-4-6-14(15)17;/h4-7,11,18H,3,8-10H2,1-2H3,(H,19,22);1H. The summed E-state index contributed by atoms with van der Waals surface area (Å²) in [6.07, 6.45) is 2.66. The molecule has 0 aliphatic carbocycles. The van der Waals surface area contributed by atoms with Crippen molar-refractivity contribution in [2.24, 2.45) is 0 Å². The van der Waals surface area contributed by atoms with Crippen molar-refractivity contribution >= 4 is 29.9 Å². The van der Waals surface area contributed by atoms with Gasteiger partial charge in [0, 0.05) is 13.1 Å². The lowest BCUT2D eigenvalue weighted by Crippen LogP contribution is -2.32. The summed E-state index contributed by atoms with van der Waals surface area (Å²) < 4.78 is 1.69. The van der Waals surface area contributed by atoms with E-state index in [2.05, 4.69) is 22.7 Å². The van der Waals surface area contributed by atoms with Gasteiger partial charge < -0.3 is 10.6 Å². The van der Waals surface area contributed by atoms with Crippen molar-refractivity contribution in [1.82, 2.24) is 20.4 Å². The van der Waals surface area contributed by atoms with Gasteiger partial charge in [-0.2, -0.15) is 5.10 Å². The Balaban J connectivity index is 0.00000264. The van der Waals surface area contributed by atoms with E-state index in [1.807, 2.05) is 25.1 Å². The molecule has 1 aromatic heterocycles. The van der Waals surface area contributed by atoms with Crippen LogP contribution in [0.2, 0.25) is 5.02 Å². The molecule has 1 aromatic carbocycles. The highest BCUT2D eigenvalue weighted by atomic mass is 35.5. The maximum Gasteiger partial charge on any atom is 0.254 e. The van der Waals surface area contributed by atoms with Gasteiger partial charge in [-0.3, -0.25) is 4.79 Å². The van der Waals surface area contributed by atoms with E-state index < -0.39 is 0 Å². The van der Waals surface area contributed by atoms with E-state index in [9.17, 15) is 4.79 Å². The Labute approximate surface area is 147 Å². The van der Waals surface area contributed by atoms with Crippen molar-refractivity contribution in [3.8, 4) is 5.69 Å². The fourth-order valence-corrected chi connectivity index (χ4v) is 2.38. The number of aromatic nitrogens is 2. The van der Waals surface area contributed by atoms with Crippen molar-refractivity contribution in [3.63, 3.8) is 0 Å². The van der Waals surface area contributed by atoms with Crippen molar-refractivity contribution in [1.29, 1.82) is 0 Å². The molecule has 1 heterocycles. The predicted molar refractivity (Wildman–Crippen MR) is 96.1 cm³/mol. The maximum atomic E-state index is 12.2. The summed E-state index contributed by atoms with van der Waals surface area (Å²) in [5, 5.41) is 11.0. The summed E-state index contributed by atoms with van der Waals surface area (Å²) in [5.74, 6) is -0.117. The number of rotatable bonds is 7. The van der Waals surface area contributed by atoms with Crippen LogP contribution in [0, 0.1) is 6.92 Å². The number of nitrogens with one attached hydrogen (secondary N) is 2. The Morgan fingerprint density at radius 2 is 2.00 bits per heavy atom. The second kappa shape index (κ2) is 9.55. The first-order valence-electron chi connectivity index (χ1n) is 7.43. The van der Waals surface area contributed by atoms with Crippen LogP contribution in [0.3, 0.4) is 0 Å². The topological polar surface area (TPSA) is 58.9 Å². The van der Waals surface area contributed by atoms with Crippen LogP contribution in [0.25, 0.3) is 5.69 Å². The average Bonchev–Trinajstić information content (AvgIpc) is 2.89. The number of hydrogen-bond acceptors (Lipinski definition) is 3.